The number of hydrogen-bond acceptors (Lipinski definition) is 7. The Hall–Kier alpha value is -1.67. The summed E-state index contributed by atoms with van der Waals surface area (Å²) in [5.41, 5.74) is 0.0612. The van der Waals surface area contributed by atoms with E-state index in [9.17, 15) is 10.1 Å². The number of thioether (sulfide) groups is 1. The summed E-state index contributed by atoms with van der Waals surface area (Å²) < 4.78 is 6.40. The summed E-state index contributed by atoms with van der Waals surface area (Å²) in [5, 5.41) is 19.3. The van der Waals surface area contributed by atoms with Crippen molar-refractivity contribution in [1.82, 2.24) is 10.2 Å². The third-order valence-corrected chi connectivity index (χ3v) is 4.07. The number of nitro groups is 1. The summed E-state index contributed by atoms with van der Waals surface area (Å²) in [6.07, 6.45) is 0. The highest BCUT2D eigenvalue weighted by Crippen LogP contribution is 2.22. The zero-order valence-corrected chi connectivity index (χ0v) is 11.7. The minimum atomic E-state index is -0.433. The first-order valence-electron chi connectivity index (χ1n) is 5.45. The predicted octanol–water partition coefficient (Wildman–Crippen LogP) is 2.93. The molecular formula is C11H11N3O3S2. The summed E-state index contributed by atoms with van der Waals surface area (Å²) >= 11 is 3.13. The maximum atomic E-state index is 10.5. The van der Waals surface area contributed by atoms with E-state index in [1.54, 1.807) is 35.2 Å². The van der Waals surface area contributed by atoms with Gasteiger partial charge in [-0.3, -0.25) is 10.1 Å². The Morgan fingerprint density at radius 3 is 2.68 bits per heavy atom. The van der Waals surface area contributed by atoms with Crippen LogP contribution in [0.4, 0.5) is 5.69 Å². The molecule has 0 aliphatic rings. The number of aromatic nitrogens is 2. The molecule has 2 aromatic rings. The Kier molecular flexibility index (Phi) is 4.69. The lowest BCUT2D eigenvalue weighted by molar-refractivity contribution is -0.384. The van der Waals surface area contributed by atoms with Crippen LogP contribution in [0.25, 0.3) is 0 Å². The lowest BCUT2D eigenvalue weighted by Gasteiger charge is -2.04. The van der Waals surface area contributed by atoms with Crippen molar-refractivity contribution in [2.75, 3.05) is 12.4 Å². The Balaban J connectivity index is 1.75. The van der Waals surface area contributed by atoms with E-state index in [0.29, 0.717) is 12.4 Å². The third kappa shape index (κ3) is 4.18. The van der Waals surface area contributed by atoms with Crippen molar-refractivity contribution in [3.63, 3.8) is 0 Å². The molecule has 0 aliphatic carbocycles. The van der Waals surface area contributed by atoms with Gasteiger partial charge in [0.25, 0.3) is 5.69 Å². The van der Waals surface area contributed by atoms with Gasteiger partial charge in [0.05, 0.1) is 11.5 Å². The Labute approximate surface area is 118 Å². The van der Waals surface area contributed by atoms with E-state index in [1.807, 2.05) is 6.92 Å². The molecule has 0 atom stereocenters. The molecule has 1 heterocycles. The number of nitrogens with zero attached hydrogens (tertiary/aromatic N) is 3. The van der Waals surface area contributed by atoms with E-state index >= 15 is 0 Å². The predicted molar refractivity (Wildman–Crippen MR) is 74.0 cm³/mol. The first-order chi connectivity index (χ1) is 9.15. The molecule has 6 nitrogen and oxygen atoms in total. The van der Waals surface area contributed by atoms with Crippen molar-refractivity contribution in [2.45, 2.75) is 11.3 Å². The maximum absolute atomic E-state index is 10.5. The van der Waals surface area contributed by atoms with Gasteiger partial charge in [0, 0.05) is 17.9 Å². The van der Waals surface area contributed by atoms with Crippen molar-refractivity contribution < 1.29 is 9.66 Å². The van der Waals surface area contributed by atoms with Gasteiger partial charge in [-0.2, -0.15) is 0 Å². The van der Waals surface area contributed by atoms with Crippen LogP contribution in [0.3, 0.4) is 0 Å². The van der Waals surface area contributed by atoms with Crippen molar-refractivity contribution in [3.05, 3.63) is 39.4 Å². The van der Waals surface area contributed by atoms with Gasteiger partial charge < -0.3 is 4.74 Å². The second-order valence-electron chi connectivity index (χ2n) is 3.53. The van der Waals surface area contributed by atoms with Crippen LogP contribution in [0.15, 0.2) is 28.6 Å². The summed E-state index contributed by atoms with van der Waals surface area (Å²) in [4.78, 5) is 10.0. The second-order valence-corrected chi connectivity index (χ2v) is 6.06. The highest BCUT2D eigenvalue weighted by atomic mass is 32.2. The monoisotopic (exact) mass is 297 g/mol. The zero-order chi connectivity index (χ0) is 13.7. The molecule has 0 fully saturated rings. The first kappa shape index (κ1) is 13.8. The van der Waals surface area contributed by atoms with Crippen LogP contribution in [0.5, 0.6) is 5.75 Å². The average Bonchev–Trinajstić information content (AvgIpc) is 2.81. The van der Waals surface area contributed by atoms with E-state index in [0.717, 1.165) is 15.1 Å². The molecule has 0 bridgehead atoms. The minimum absolute atomic E-state index is 0.0612. The topological polar surface area (TPSA) is 78.2 Å². The van der Waals surface area contributed by atoms with Crippen LogP contribution in [0, 0.1) is 17.0 Å². The average molecular weight is 297 g/mol. The van der Waals surface area contributed by atoms with E-state index < -0.39 is 4.92 Å². The third-order valence-electron chi connectivity index (χ3n) is 2.13. The van der Waals surface area contributed by atoms with Gasteiger partial charge in [-0.1, -0.05) is 23.1 Å². The van der Waals surface area contributed by atoms with Gasteiger partial charge in [0.15, 0.2) is 4.34 Å². The number of non-ortho nitro benzene ring substituents is 1. The standard InChI is InChI=1S/C11H11N3O3S2/c1-8-12-13-11(19-8)18-7-6-17-10-4-2-9(3-5-10)14(15)16/h2-5H,6-7H2,1H3. The fourth-order valence-electron chi connectivity index (χ4n) is 1.29. The normalized spacial score (nSPS) is 10.4. The van der Waals surface area contributed by atoms with E-state index in [-0.39, 0.29) is 5.69 Å². The van der Waals surface area contributed by atoms with Gasteiger partial charge in [-0.05, 0) is 19.1 Å². The summed E-state index contributed by atoms with van der Waals surface area (Å²) in [7, 11) is 0. The van der Waals surface area contributed by atoms with Crippen LogP contribution in [-0.2, 0) is 0 Å². The molecular weight excluding hydrogens is 286 g/mol. The highest BCUT2D eigenvalue weighted by molar-refractivity contribution is 8.01. The molecule has 0 N–H and O–H groups in total. The SMILES string of the molecule is Cc1nnc(SCCOc2ccc([N+](=O)[O-])cc2)s1. The molecule has 0 spiro atoms. The smallest absolute Gasteiger partial charge is 0.269 e. The number of aryl methyl sites for hydroxylation is 1. The minimum Gasteiger partial charge on any atom is -0.493 e. The fraction of sp³-hybridized carbons (Fsp3) is 0.273. The molecule has 100 valence electrons. The fourth-order valence-corrected chi connectivity index (χ4v) is 2.99. The molecule has 0 saturated heterocycles. The Morgan fingerprint density at radius 2 is 2.11 bits per heavy atom. The van der Waals surface area contributed by atoms with E-state index in [4.69, 9.17) is 4.74 Å². The molecule has 8 heteroatoms. The molecule has 0 aliphatic heterocycles. The molecule has 0 amide bonds. The van der Waals surface area contributed by atoms with Gasteiger partial charge in [0.2, 0.25) is 0 Å². The molecule has 0 unspecified atom stereocenters. The van der Waals surface area contributed by atoms with Gasteiger partial charge in [-0.15, -0.1) is 10.2 Å². The van der Waals surface area contributed by atoms with Gasteiger partial charge in [0.1, 0.15) is 10.8 Å². The van der Waals surface area contributed by atoms with Gasteiger partial charge in [-0.25, -0.2) is 0 Å². The largest absolute Gasteiger partial charge is 0.493 e. The zero-order valence-electron chi connectivity index (χ0n) is 10.1. The van der Waals surface area contributed by atoms with Crippen LogP contribution in [-0.4, -0.2) is 27.5 Å². The van der Waals surface area contributed by atoms with Crippen LogP contribution in [0.1, 0.15) is 5.01 Å². The molecule has 1 aromatic heterocycles. The number of ether oxygens (including phenoxy) is 1. The summed E-state index contributed by atoms with van der Waals surface area (Å²) in [5.74, 6) is 1.38. The number of benzene rings is 1. The van der Waals surface area contributed by atoms with Crippen molar-refractivity contribution >= 4 is 28.8 Å². The van der Waals surface area contributed by atoms with Gasteiger partial charge >= 0.3 is 0 Å². The Morgan fingerprint density at radius 1 is 1.37 bits per heavy atom. The quantitative estimate of drug-likeness (QED) is 0.353. The second kappa shape index (κ2) is 6.48. The van der Waals surface area contributed by atoms with Crippen molar-refractivity contribution in [1.29, 1.82) is 0 Å². The van der Waals surface area contributed by atoms with Crippen LogP contribution in [0.2, 0.25) is 0 Å². The molecule has 2 rings (SSSR count). The molecule has 0 saturated carbocycles. The van der Waals surface area contributed by atoms with E-state index in [2.05, 4.69) is 10.2 Å². The summed E-state index contributed by atoms with van der Waals surface area (Å²) in [6, 6.07) is 6.04. The van der Waals surface area contributed by atoms with Crippen LogP contribution >= 0.6 is 23.1 Å². The first-order valence-corrected chi connectivity index (χ1v) is 7.25. The molecule has 1 aromatic carbocycles. The lowest BCUT2D eigenvalue weighted by atomic mass is 10.3. The number of hydrogen-bond donors (Lipinski definition) is 0. The molecule has 19 heavy (non-hydrogen) atoms. The van der Waals surface area contributed by atoms with Crippen molar-refractivity contribution in [3.8, 4) is 5.75 Å². The lowest BCUT2D eigenvalue weighted by Crippen LogP contribution is -2.00. The number of nitro benzene ring substituents is 1. The Bertz CT molecular complexity index is 557. The number of rotatable bonds is 6. The highest BCUT2D eigenvalue weighted by Gasteiger charge is 2.05. The molecule has 0 radical (unpaired) electrons. The van der Waals surface area contributed by atoms with E-state index in [1.165, 1.54) is 12.1 Å². The van der Waals surface area contributed by atoms with Crippen molar-refractivity contribution in [2.24, 2.45) is 0 Å². The summed E-state index contributed by atoms with van der Waals surface area (Å²) in [6.45, 7) is 2.43. The maximum Gasteiger partial charge on any atom is 0.269 e. The van der Waals surface area contributed by atoms with Crippen LogP contribution < -0.4 is 4.74 Å².